The van der Waals surface area contributed by atoms with Crippen molar-refractivity contribution < 1.29 is 14.5 Å². The molecule has 0 aliphatic rings. The molecular weight excluding hydrogens is 280 g/mol. The number of rotatable bonds is 5. The average molecular weight is 294 g/mol. The largest absolute Gasteiger partial charge is 0.459 e. The first-order chi connectivity index (χ1) is 9.38. The van der Waals surface area contributed by atoms with Crippen LogP contribution >= 0.6 is 11.3 Å². The van der Waals surface area contributed by atoms with E-state index in [-0.39, 0.29) is 17.4 Å². The Bertz CT molecular complexity index is 596. The van der Waals surface area contributed by atoms with Gasteiger partial charge in [0.2, 0.25) is 0 Å². The number of ether oxygens (including phenoxy) is 1. The Labute approximate surface area is 120 Å². The van der Waals surface area contributed by atoms with Crippen LogP contribution in [0.2, 0.25) is 0 Å². The number of hydrogen-bond donors (Lipinski definition) is 0. The third kappa shape index (κ3) is 3.90. The van der Waals surface area contributed by atoms with E-state index in [2.05, 4.69) is 0 Å². The monoisotopic (exact) mass is 294 g/mol. The minimum absolute atomic E-state index is 0.0123. The Hall–Kier alpha value is -2.20. The molecule has 7 heteroatoms. The zero-order chi connectivity index (χ0) is 15.3. The number of nitriles is 1. The third-order valence-corrected chi connectivity index (χ3v) is 3.51. The zero-order valence-corrected chi connectivity index (χ0v) is 12.2. The van der Waals surface area contributed by atoms with E-state index in [1.54, 1.807) is 19.9 Å². The normalized spacial score (nSPS) is 11.2. The van der Waals surface area contributed by atoms with Gasteiger partial charge in [0.25, 0.3) is 5.69 Å². The van der Waals surface area contributed by atoms with Crippen LogP contribution < -0.4 is 0 Å². The minimum Gasteiger partial charge on any atom is -0.459 e. The number of nitrogens with zero attached hydrogens (tertiary/aromatic N) is 2. The number of thiophene rings is 1. The molecule has 0 aliphatic heterocycles. The second-order valence-electron chi connectivity index (χ2n) is 4.19. The van der Waals surface area contributed by atoms with Gasteiger partial charge in [0, 0.05) is 10.9 Å². The number of aryl methyl sites for hydroxylation is 1. The van der Waals surface area contributed by atoms with E-state index < -0.39 is 10.9 Å². The van der Waals surface area contributed by atoms with E-state index in [9.17, 15) is 14.9 Å². The average Bonchev–Trinajstić information content (AvgIpc) is 2.78. The van der Waals surface area contributed by atoms with Gasteiger partial charge in [-0.1, -0.05) is 6.92 Å². The Kier molecular flexibility index (Phi) is 5.41. The van der Waals surface area contributed by atoms with Gasteiger partial charge >= 0.3 is 5.97 Å². The quantitative estimate of drug-likeness (QED) is 0.273. The molecule has 0 N–H and O–H groups in total. The lowest BCUT2D eigenvalue weighted by Crippen LogP contribution is -2.12. The predicted molar refractivity (Wildman–Crippen MR) is 75.2 cm³/mol. The van der Waals surface area contributed by atoms with Gasteiger partial charge in [-0.3, -0.25) is 10.1 Å². The van der Waals surface area contributed by atoms with Crippen LogP contribution in [0.4, 0.5) is 5.69 Å². The first-order valence-electron chi connectivity index (χ1n) is 5.98. The molecule has 106 valence electrons. The van der Waals surface area contributed by atoms with Crippen molar-refractivity contribution in [2.45, 2.75) is 33.3 Å². The molecule has 1 aromatic rings. The molecule has 0 saturated heterocycles. The Morgan fingerprint density at radius 2 is 2.30 bits per heavy atom. The summed E-state index contributed by atoms with van der Waals surface area (Å²) in [5.41, 5.74) is -0.157. The van der Waals surface area contributed by atoms with E-state index in [1.807, 2.05) is 6.92 Å². The molecule has 0 saturated carbocycles. The highest BCUT2D eigenvalue weighted by Gasteiger charge is 2.18. The van der Waals surface area contributed by atoms with Crippen molar-refractivity contribution >= 4 is 29.1 Å². The molecule has 1 rings (SSSR count). The molecular formula is C13H14N2O4S. The van der Waals surface area contributed by atoms with Gasteiger partial charge in [0.1, 0.15) is 11.6 Å². The van der Waals surface area contributed by atoms with Crippen molar-refractivity contribution in [3.05, 3.63) is 31.5 Å². The van der Waals surface area contributed by atoms with Gasteiger partial charge in [-0.05, 0) is 26.3 Å². The summed E-state index contributed by atoms with van der Waals surface area (Å²) in [6.45, 7) is 5.17. The van der Waals surface area contributed by atoms with Crippen LogP contribution in [0.1, 0.15) is 30.5 Å². The van der Waals surface area contributed by atoms with E-state index in [0.717, 1.165) is 0 Å². The maximum atomic E-state index is 11.6. The number of esters is 1. The molecule has 6 nitrogen and oxygen atoms in total. The molecule has 0 fully saturated rings. The smallest absolute Gasteiger partial charge is 0.349 e. The maximum Gasteiger partial charge on any atom is 0.349 e. The van der Waals surface area contributed by atoms with Gasteiger partial charge in [0.15, 0.2) is 0 Å². The highest BCUT2D eigenvalue weighted by Crippen LogP contribution is 2.31. The van der Waals surface area contributed by atoms with Crippen molar-refractivity contribution in [3.63, 3.8) is 0 Å². The number of hydrogen-bond acceptors (Lipinski definition) is 6. The maximum absolute atomic E-state index is 11.6. The van der Waals surface area contributed by atoms with Gasteiger partial charge < -0.3 is 4.74 Å². The van der Waals surface area contributed by atoms with Crippen LogP contribution in [0, 0.1) is 21.4 Å². The zero-order valence-electron chi connectivity index (χ0n) is 11.4. The lowest BCUT2D eigenvalue weighted by molar-refractivity contribution is -0.385. The van der Waals surface area contributed by atoms with Crippen molar-refractivity contribution in [2.75, 3.05) is 0 Å². The summed E-state index contributed by atoms with van der Waals surface area (Å²) in [6, 6.07) is 3.12. The van der Waals surface area contributed by atoms with Crippen LogP contribution in [0.3, 0.4) is 0 Å². The van der Waals surface area contributed by atoms with Crippen LogP contribution in [0.15, 0.2) is 11.6 Å². The lowest BCUT2D eigenvalue weighted by atomic mass is 10.2. The standard InChI is InChI=1S/C13H14N2O4S/c1-4-12-11(15(17)18)6-10(20-12)5-9(7-14)13(16)19-8(2)3/h5-6,8H,4H2,1-3H3/b9-5+. The summed E-state index contributed by atoms with van der Waals surface area (Å²) in [5, 5.41) is 19.8. The molecule has 0 aliphatic carbocycles. The second-order valence-corrected chi connectivity index (χ2v) is 5.36. The molecule has 0 radical (unpaired) electrons. The van der Waals surface area contributed by atoms with Gasteiger partial charge in [0.05, 0.1) is 15.9 Å². The highest BCUT2D eigenvalue weighted by molar-refractivity contribution is 7.13. The fourth-order valence-corrected chi connectivity index (χ4v) is 2.49. The molecule has 1 heterocycles. The van der Waals surface area contributed by atoms with Crippen molar-refractivity contribution in [3.8, 4) is 6.07 Å². The molecule has 20 heavy (non-hydrogen) atoms. The summed E-state index contributed by atoms with van der Waals surface area (Å²) in [5.74, 6) is -0.725. The number of carbonyl (C=O) groups is 1. The molecule has 0 spiro atoms. The van der Waals surface area contributed by atoms with E-state index in [0.29, 0.717) is 16.2 Å². The highest BCUT2D eigenvalue weighted by atomic mass is 32.1. The van der Waals surface area contributed by atoms with Gasteiger partial charge in [-0.2, -0.15) is 5.26 Å². The molecule has 0 unspecified atom stereocenters. The molecule has 0 atom stereocenters. The summed E-state index contributed by atoms with van der Waals surface area (Å²) < 4.78 is 4.93. The molecule has 0 bridgehead atoms. The van der Waals surface area contributed by atoms with Gasteiger partial charge in [-0.25, -0.2) is 4.79 Å². The molecule has 0 amide bonds. The second kappa shape index (κ2) is 6.82. The summed E-state index contributed by atoms with van der Waals surface area (Å²) in [6.07, 6.45) is 1.51. The number of carbonyl (C=O) groups excluding carboxylic acids is 1. The van der Waals surface area contributed by atoms with Crippen LogP contribution in [0.25, 0.3) is 6.08 Å². The van der Waals surface area contributed by atoms with Crippen molar-refractivity contribution in [2.24, 2.45) is 0 Å². The Morgan fingerprint density at radius 1 is 1.65 bits per heavy atom. The topological polar surface area (TPSA) is 93.2 Å². The lowest BCUT2D eigenvalue weighted by Gasteiger charge is -2.05. The minimum atomic E-state index is -0.725. The van der Waals surface area contributed by atoms with Crippen molar-refractivity contribution in [1.82, 2.24) is 0 Å². The van der Waals surface area contributed by atoms with E-state index >= 15 is 0 Å². The van der Waals surface area contributed by atoms with Crippen molar-refractivity contribution in [1.29, 1.82) is 5.26 Å². The molecule has 1 aromatic heterocycles. The Morgan fingerprint density at radius 3 is 2.70 bits per heavy atom. The van der Waals surface area contributed by atoms with E-state index in [4.69, 9.17) is 10.00 Å². The van der Waals surface area contributed by atoms with E-state index in [1.165, 1.54) is 23.5 Å². The fourth-order valence-electron chi connectivity index (χ4n) is 1.47. The number of nitro groups is 1. The third-order valence-electron chi connectivity index (χ3n) is 2.29. The predicted octanol–water partition coefficient (Wildman–Crippen LogP) is 3.08. The SMILES string of the molecule is CCc1sc(/C=C(\C#N)C(=O)OC(C)C)cc1[N+](=O)[O-]. The Balaban J connectivity index is 3.11. The van der Waals surface area contributed by atoms with Crippen LogP contribution in [-0.2, 0) is 16.0 Å². The fraction of sp³-hybridized carbons (Fsp3) is 0.385. The summed E-state index contributed by atoms with van der Waals surface area (Å²) in [4.78, 5) is 23.1. The molecule has 0 aromatic carbocycles. The first-order valence-corrected chi connectivity index (χ1v) is 6.80. The van der Waals surface area contributed by atoms with Crippen LogP contribution in [-0.4, -0.2) is 17.0 Å². The summed E-state index contributed by atoms with van der Waals surface area (Å²) in [7, 11) is 0. The first kappa shape index (κ1) is 15.9. The van der Waals surface area contributed by atoms with Gasteiger partial charge in [-0.15, -0.1) is 11.3 Å². The summed E-state index contributed by atoms with van der Waals surface area (Å²) >= 11 is 1.19. The van der Waals surface area contributed by atoms with Crippen LogP contribution in [0.5, 0.6) is 0 Å².